The predicted octanol–water partition coefficient (Wildman–Crippen LogP) is 1.73. The van der Waals surface area contributed by atoms with Gasteiger partial charge in [0.05, 0.1) is 17.6 Å². The maximum Gasteiger partial charge on any atom is 0.252 e. The fourth-order valence-electron chi connectivity index (χ4n) is 2.65. The molecule has 1 aliphatic heterocycles. The van der Waals surface area contributed by atoms with Crippen molar-refractivity contribution in [3.8, 4) is 0 Å². The molecule has 0 atom stereocenters. The van der Waals surface area contributed by atoms with Crippen LogP contribution in [0, 0.1) is 5.82 Å². The second-order valence-electron chi connectivity index (χ2n) is 5.29. The molecule has 2 amide bonds. The Bertz CT molecular complexity index is 726. The maximum absolute atomic E-state index is 13.4. The molecule has 1 aliphatic rings. The molecule has 5 nitrogen and oxygen atoms in total. The van der Waals surface area contributed by atoms with Crippen molar-refractivity contribution in [2.24, 2.45) is 0 Å². The molecule has 0 radical (unpaired) electrons. The molecule has 3 rings (SSSR count). The number of amides is 2. The van der Waals surface area contributed by atoms with Gasteiger partial charge in [-0.15, -0.1) is 0 Å². The van der Waals surface area contributed by atoms with Crippen LogP contribution in [0.2, 0.25) is 0 Å². The fraction of sp³-hybridized carbons (Fsp3) is 0.312. The van der Waals surface area contributed by atoms with Crippen molar-refractivity contribution in [1.82, 2.24) is 15.2 Å². The van der Waals surface area contributed by atoms with Gasteiger partial charge in [0.1, 0.15) is 5.82 Å². The van der Waals surface area contributed by atoms with Gasteiger partial charge < -0.3 is 10.2 Å². The fourth-order valence-corrected chi connectivity index (χ4v) is 2.65. The molecular formula is C16H16FN3O2. The van der Waals surface area contributed by atoms with Gasteiger partial charge in [-0.25, -0.2) is 4.39 Å². The molecule has 0 spiro atoms. The van der Waals surface area contributed by atoms with Crippen molar-refractivity contribution in [1.29, 1.82) is 0 Å². The van der Waals surface area contributed by atoms with E-state index in [2.05, 4.69) is 10.3 Å². The lowest BCUT2D eigenvalue weighted by atomic mass is 10.1. The van der Waals surface area contributed by atoms with Crippen molar-refractivity contribution in [2.75, 3.05) is 19.6 Å². The third-order valence-electron chi connectivity index (χ3n) is 3.81. The zero-order valence-electron chi connectivity index (χ0n) is 12.0. The van der Waals surface area contributed by atoms with Gasteiger partial charge in [0.15, 0.2) is 0 Å². The molecule has 0 saturated carbocycles. The zero-order chi connectivity index (χ0) is 15.5. The number of likely N-dealkylation sites (tertiary alicyclic amines) is 1. The van der Waals surface area contributed by atoms with Gasteiger partial charge in [-0.2, -0.15) is 0 Å². The molecule has 1 fully saturated rings. The van der Waals surface area contributed by atoms with E-state index in [0.717, 1.165) is 25.9 Å². The van der Waals surface area contributed by atoms with E-state index in [-0.39, 0.29) is 12.5 Å². The summed E-state index contributed by atoms with van der Waals surface area (Å²) in [5.41, 5.74) is 0.860. The number of hydrogen-bond acceptors (Lipinski definition) is 3. The number of fused-ring (bicyclic) bond motifs is 1. The van der Waals surface area contributed by atoms with Crippen LogP contribution >= 0.6 is 0 Å². The topological polar surface area (TPSA) is 62.3 Å². The van der Waals surface area contributed by atoms with Crippen LogP contribution < -0.4 is 5.32 Å². The largest absolute Gasteiger partial charge is 0.343 e. The third kappa shape index (κ3) is 2.90. The highest BCUT2D eigenvalue weighted by molar-refractivity contribution is 6.06. The van der Waals surface area contributed by atoms with Gasteiger partial charge in [-0.05, 0) is 37.1 Å². The maximum atomic E-state index is 13.4. The van der Waals surface area contributed by atoms with Crippen molar-refractivity contribution in [2.45, 2.75) is 12.8 Å². The second-order valence-corrected chi connectivity index (χ2v) is 5.29. The Morgan fingerprint density at radius 1 is 1.23 bits per heavy atom. The summed E-state index contributed by atoms with van der Waals surface area (Å²) >= 11 is 0. The summed E-state index contributed by atoms with van der Waals surface area (Å²) in [4.78, 5) is 30.0. The molecule has 0 bridgehead atoms. The summed E-state index contributed by atoms with van der Waals surface area (Å²) in [7, 11) is 0. The zero-order valence-corrected chi connectivity index (χ0v) is 12.0. The minimum atomic E-state index is -0.428. The number of aromatic nitrogens is 1. The molecule has 0 aliphatic carbocycles. The van der Waals surface area contributed by atoms with Gasteiger partial charge in [0.2, 0.25) is 5.91 Å². The number of benzene rings is 1. The van der Waals surface area contributed by atoms with Crippen LogP contribution in [0.1, 0.15) is 23.2 Å². The molecule has 22 heavy (non-hydrogen) atoms. The number of carbonyl (C=O) groups is 2. The van der Waals surface area contributed by atoms with Gasteiger partial charge in [0.25, 0.3) is 5.91 Å². The summed E-state index contributed by atoms with van der Waals surface area (Å²) in [5, 5.41) is 3.05. The number of halogens is 1. The van der Waals surface area contributed by atoms with Crippen molar-refractivity contribution < 1.29 is 14.0 Å². The first-order chi connectivity index (χ1) is 10.6. The van der Waals surface area contributed by atoms with E-state index in [4.69, 9.17) is 0 Å². The Kier molecular flexibility index (Phi) is 4.00. The number of rotatable bonds is 3. The van der Waals surface area contributed by atoms with Gasteiger partial charge in [0, 0.05) is 24.7 Å². The Labute approximate surface area is 127 Å². The van der Waals surface area contributed by atoms with Crippen LogP contribution in [0.4, 0.5) is 4.39 Å². The predicted molar refractivity (Wildman–Crippen MR) is 79.8 cm³/mol. The van der Waals surface area contributed by atoms with Crippen LogP contribution in [-0.2, 0) is 4.79 Å². The molecule has 2 aromatic rings. The molecular weight excluding hydrogens is 285 g/mol. The average molecular weight is 301 g/mol. The van der Waals surface area contributed by atoms with Crippen LogP contribution in [0.3, 0.4) is 0 Å². The number of pyridine rings is 1. The van der Waals surface area contributed by atoms with Crippen molar-refractivity contribution >= 4 is 22.7 Å². The lowest BCUT2D eigenvalue weighted by Gasteiger charge is -2.15. The number of hydrogen-bond donors (Lipinski definition) is 1. The van der Waals surface area contributed by atoms with Crippen molar-refractivity contribution in [3.63, 3.8) is 0 Å². The van der Waals surface area contributed by atoms with Crippen LogP contribution in [0.15, 0.2) is 30.5 Å². The van der Waals surface area contributed by atoms with E-state index >= 15 is 0 Å². The lowest BCUT2D eigenvalue weighted by Crippen LogP contribution is -2.38. The smallest absolute Gasteiger partial charge is 0.252 e. The van der Waals surface area contributed by atoms with E-state index in [1.54, 1.807) is 4.90 Å². The standard InChI is InChI=1S/C16H16FN3O2/c17-11-3-4-14-13(9-11)12(5-6-18-14)16(22)19-10-15(21)20-7-1-2-8-20/h3-6,9H,1-2,7-8,10H2,(H,19,22). The summed E-state index contributed by atoms with van der Waals surface area (Å²) < 4.78 is 13.4. The quantitative estimate of drug-likeness (QED) is 0.939. The first kappa shape index (κ1) is 14.4. The highest BCUT2D eigenvalue weighted by Gasteiger charge is 2.19. The van der Waals surface area contributed by atoms with E-state index < -0.39 is 11.7 Å². The first-order valence-corrected chi connectivity index (χ1v) is 7.25. The molecule has 1 aromatic heterocycles. The number of carbonyl (C=O) groups excluding carboxylic acids is 2. The highest BCUT2D eigenvalue weighted by atomic mass is 19.1. The SMILES string of the molecule is O=C(NCC(=O)N1CCCC1)c1ccnc2ccc(F)cc12. The second kappa shape index (κ2) is 6.09. The van der Waals surface area contributed by atoms with Gasteiger partial charge in [-0.1, -0.05) is 0 Å². The summed E-state index contributed by atoms with van der Waals surface area (Å²) in [6.45, 7) is 1.45. The Balaban J connectivity index is 1.74. The van der Waals surface area contributed by atoms with Crippen LogP contribution in [0.25, 0.3) is 10.9 Å². The summed E-state index contributed by atoms with van der Waals surface area (Å²) in [5.74, 6) is -0.913. The average Bonchev–Trinajstić information content (AvgIpc) is 3.06. The highest BCUT2D eigenvalue weighted by Crippen LogP contribution is 2.18. The van der Waals surface area contributed by atoms with E-state index in [0.29, 0.717) is 16.5 Å². The van der Waals surface area contributed by atoms with E-state index in [9.17, 15) is 14.0 Å². The molecule has 114 valence electrons. The third-order valence-corrected chi connectivity index (χ3v) is 3.81. The molecule has 1 saturated heterocycles. The Hall–Kier alpha value is -2.50. The lowest BCUT2D eigenvalue weighted by molar-refractivity contribution is -0.129. The van der Waals surface area contributed by atoms with E-state index in [1.165, 1.54) is 30.5 Å². The number of nitrogens with zero attached hydrogens (tertiary/aromatic N) is 2. The van der Waals surface area contributed by atoms with E-state index in [1.807, 2.05) is 0 Å². The summed E-state index contributed by atoms with van der Waals surface area (Å²) in [6.07, 6.45) is 3.51. The first-order valence-electron chi connectivity index (χ1n) is 7.25. The normalized spacial score (nSPS) is 14.3. The van der Waals surface area contributed by atoms with Gasteiger partial charge in [-0.3, -0.25) is 14.6 Å². The van der Waals surface area contributed by atoms with Crippen LogP contribution in [0.5, 0.6) is 0 Å². The Morgan fingerprint density at radius 2 is 2.00 bits per heavy atom. The minimum absolute atomic E-state index is 0.0437. The summed E-state index contributed by atoms with van der Waals surface area (Å²) in [6, 6.07) is 5.63. The Morgan fingerprint density at radius 3 is 2.77 bits per heavy atom. The molecule has 6 heteroatoms. The van der Waals surface area contributed by atoms with Gasteiger partial charge >= 0.3 is 0 Å². The van der Waals surface area contributed by atoms with Crippen LogP contribution in [-0.4, -0.2) is 41.3 Å². The minimum Gasteiger partial charge on any atom is -0.343 e. The number of nitrogens with one attached hydrogen (secondary N) is 1. The monoisotopic (exact) mass is 301 g/mol. The molecule has 1 N–H and O–H groups in total. The molecule has 2 heterocycles. The molecule has 0 unspecified atom stereocenters. The van der Waals surface area contributed by atoms with Crippen molar-refractivity contribution in [3.05, 3.63) is 41.8 Å². The molecule has 1 aromatic carbocycles.